The highest BCUT2D eigenvalue weighted by Gasteiger charge is 2.35. The third-order valence-electron chi connectivity index (χ3n) is 3.67. The molecule has 1 atom stereocenters. The fourth-order valence-corrected chi connectivity index (χ4v) is 3.71. The van der Waals surface area contributed by atoms with Crippen LogP contribution in [-0.2, 0) is 19.6 Å². The van der Waals surface area contributed by atoms with Gasteiger partial charge in [0.05, 0.1) is 18.6 Å². The summed E-state index contributed by atoms with van der Waals surface area (Å²) in [5.41, 5.74) is 0.285. The Hall–Kier alpha value is -1.94. The van der Waals surface area contributed by atoms with Gasteiger partial charge in [-0.3, -0.25) is 10.1 Å². The molecule has 1 aromatic rings. The lowest BCUT2D eigenvalue weighted by Crippen LogP contribution is -2.49. The largest absolute Gasteiger partial charge is 0.460 e. The first kappa shape index (κ1) is 18.4. The molecule has 0 spiro atoms. The minimum atomic E-state index is -3.49. The number of nitrogens with zero attached hydrogens (tertiary/aromatic N) is 2. The minimum Gasteiger partial charge on any atom is -0.460 e. The Kier molecular flexibility index (Phi) is 5.60. The van der Waals surface area contributed by atoms with Gasteiger partial charge < -0.3 is 9.15 Å². The number of piperidine rings is 1. The third-order valence-corrected chi connectivity index (χ3v) is 4.96. The van der Waals surface area contributed by atoms with E-state index in [1.165, 1.54) is 4.31 Å². The number of aryl methyl sites for hydroxylation is 1. The molecular weight excluding hydrogens is 338 g/mol. The number of hydrogen-bond acceptors (Lipinski definition) is 7. The summed E-state index contributed by atoms with van der Waals surface area (Å²) in [5, 5.41) is 2.44. The Bertz CT molecular complexity index is 727. The first-order chi connectivity index (χ1) is 11.2. The van der Waals surface area contributed by atoms with Crippen molar-refractivity contribution in [3.63, 3.8) is 0 Å². The van der Waals surface area contributed by atoms with Crippen LogP contribution in [-0.4, -0.2) is 55.0 Å². The molecule has 10 heteroatoms. The van der Waals surface area contributed by atoms with Gasteiger partial charge in [0.25, 0.3) is 0 Å². The quantitative estimate of drug-likeness (QED) is 0.776. The smallest absolute Gasteiger partial charge is 0.376 e. The van der Waals surface area contributed by atoms with Crippen LogP contribution in [0.3, 0.4) is 0 Å². The zero-order valence-corrected chi connectivity index (χ0v) is 14.7. The van der Waals surface area contributed by atoms with E-state index in [1.54, 1.807) is 13.8 Å². The summed E-state index contributed by atoms with van der Waals surface area (Å²) in [5.74, 6) is -1.29. The molecular formula is C14H21N3O6S. The highest BCUT2D eigenvalue weighted by molar-refractivity contribution is 7.88. The monoisotopic (exact) mass is 359 g/mol. The van der Waals surface area contributed by atoms with Gasteiger partial charge in [-0.05, 0) is 26.7 Å². The number of anilines is 1. The van der Waals surface area contributed by atoms with E-state index in [0.29, 0.717) is 19.4 Å². The summed E-state index contributed by atoms with van der Waals surface area (Å²) < 4.78 is 34.9. The second-order valence-corrected chi connectivity index (χ2v) is 7.46. The highest BCUT2D eigenvalue weighted by atomic mass is 32.2. The maximum absolute atomic E-state index is 12.4. The van der Waals surface area contributed by atoms with E-state index in [0.717, 1.165) is 12.7 Å². The standard InChI is InChI=1S/C14H21N3O6S/c1-4-22-13(19)11-9(2)15-14(23-11)16-12(18)10-7-5-6-8-17(10)24(3,20)21/h10H,4-8H2,1-3H3,(H,15,16,18)/t10-/m0/s1. The Morgan fingerprint density at radius 1 is 1.42 bits per heavy atom. The molecule has 1 aliphatic heterocycles. The van der Waals surface area contributed by atoms with Gasteiger partial charge >= 0.3 is 12.0 Å². The van der Waals surface area contributed by atoms with Crippen molar-refractivity contribution in [2.24, 2.45) is 0 Å². The lowest BCUT2D eigenvalue weighted by Gasteiger charge is -2.32. The number of sulfonamides is 1. The molecule has 2 heterocycles. The van der Waals surface area contributed by atoms with Crippen molar-refractivity contribution in [1.29, 1.82) is 0 Å². The van der Waals surface area contributed by atoms with Crippen molar-refractivity contribution in [1.82, 2.24) is 9.29 Å². The number of carbonyl (C=O) groups excluding carboxylic acids is 2. The summed E-state index contributed by atoms with van der Waals surface area (Å²) in [7, 11) is -3.49. The molecule has 0 aromatic carbocycles. The molecule has 0 aliphatic carbocycles. The summed E-state index contributed by atoms with van der Waals surface area (Å²) in [6.45, 7) is 3.70. The topological polar surface area (TPSA) is 119 Å². The van der Waals surface area contributed by atoms with Crippen molar-refractivity contribution in [2.45, 2.75) is 39.2 Å². The second kappa shape index (κ2) is 7.31. The molecule has 134 valence electrons. The van der Waals surface area contributed by atoms with E-state index in [2.05, 4.69) is 10.3 Å². The molecule has 2 rings (SSSR count). The fourth-order valence-electron chi connectivity index (χ4n) is 2.59. The maximum Gasteiger partial charge on any atom is 0.376 e. The summed E-state index contributed by atoms with van der Waals surface area (Å²) in [4.78, 5) is 28.1. The zero-order chi connectivity index (χ0) is 17.9. The predicted octanol–water partition coefficient (Wildman–Crippen LogP) is 0.912. The first-order valence-corrected chi connectivity index (χ1v) is 9.51. The Labute approximate surface area is 140 Å². The number of carbonyl (C=O) groups is 2. The normalized spacial score (nSPS) is 19.0. The predicted molar refractivity (Wildman–Crippen MR) is 85.0 cm³/mol. The molecule has 1 amide bonds. The van der Waals surface area contributed by atoms with Crippen LogP contribution in [0.15, 0.2) is 4.42 Å². The number of ether oxygens (including phenoxy) is 1. The number of aromatic nitrogens is 1. The van der Waals surface area contributed by atoms with Gasteiger partial charge in [0.2, 0.25) is 21.7 Å². The number of hydrogen-bond donors (Lipinski definition) is 1. The van der Waals surface area contributed by atoms with Crippen LogP contribution in [0.4, 0.5) is 6.01 Å². The van der Waals surface area contributed by atoms with Gasteiger partial charge in [-0.1, -0.05) is 6.42 Å². The zero-order valence-electron chi connectivity index (χ0n) is 13.9. The lowest BCUT2D eigenvalue weighted by atomic mass is 10.0. The molecule has 0 radical (unpaired) electrons. The van der Waals surface area contributed by atoms with Crippen LogP contribution in [0.25, 0.3) is 0 Å². The maximum atomic E-state index is 12.4. The number of rotatable bonds is 5. The average Bonchev–Trinajstić information content (AvgIpc) is 2.87. The van der Waals surface area contributed by atoms with Gasteiger partial charge in [0.15, 0.2) is 0 Å². The van der Waals surface area contributed by atoms with Crippen LogP contribution in [0.2, 0.25) is 0 Å². The molecule has 1 N–H and O–H groups in total. The van der Waals surface area contributed by atoms with Crippen LogP contribution in [0.5, 0.6) is 0 Å². The Morgan fingerprint density at radius 2 is 2.12 bits per heavy atom. The number of esters is 1. The SMILES string of the molecule is CCOC(=O)c1oc(NC(=O)[C@@H]2CCCCN2S(C)(=O)=O)nc1C. The first-order valence-electron chi connectivity index (χ1n) is 7.66. The molecule has 0 saturated carbocycles. The summed E-state index contributed by atoms with van der Waals surface area (Å²) in [6, 6.07) is -0.966. The van der Waals surface area contributed by atoms with Gasteiger partial charge in [-0.25, -0.2) is 13.2 Å². The van der Waals surface area contributed by atoms with Crippen molar-refractivity contribution in [3.8, 4) is 0 Å². The second-order valence-electron chi connectivity index (χ2n) is 5.53. The van der Waals surface area contributed by atoms with Crippen molar-refractivity contribution in [3.05, 3.63) is 11.5 Å². The van der Waals surface area contributed by atoms with E-state index in [4.69, 9.17) is 9.15 Å². The summed E-state index contributed by atoms with van der Waals surface area (Å²) >= 11 is 0. The Balaban J connectivity index is 2.14. The van der Waals surface area contributed by atoms with Crippen molar-refractivity contribution < 1.29 is 27.2 Å². The minimum absolute atomic E-state index is 0.0873. The van der Waals surface area contributed by atoms with E-state index in [1.807, 2.05) is 0 Å². The molecule has 1 aromatic heterocycles. The number of amides is 1. The fraction of sp³-hybridized carbons (Fsp3) is 0.643. The molecule has 9 nitrogen and oxygen atoms in total. The molecule has 0 unspecified atom stereocenters. The van der Waals surface area contributed by atoms with Gasteiger partial charge in [-0.15, -0.1) is 0 Å². The molecule has 1 aliphatic rings. The lowest BCUT2D eigenvalue weighted by molar-refractivity contribution is -0.120. The van der Waals surface area contributed by atoms with Crippen LogP contribution in [0, 0.1) is 6.92 Å². The summed E-state index contributed by atoms with van der Waals surface area (Å²) in [6.07, 6.45) is 2.96. The van der Waals surface area contributed by atoms with Gasteiger partial charge in [0.1, 0.15) is 6.04 Å². The van der Waals surface area contributed by atoms with E-state index in [-0.39, 0.29) is 24.1 Å². The average molecular weight is 359 g/mol. The Morgan fingerprint density at radius 3 is 2.75 bits per heavy atom. The van der Waals surface area contributed by atoms with Crippen molar-refractivity contribution >= 4 is 27.9 Å². The molecule has 1 fully saturated rings. The van der Waals surface area contributed by atoms with Gasteiger partial charge in [-0.2, -0.15) is 9.29 Å². The van der Waals surface area contributed by atoms with E-state index < -0.39 is 27.9 Å². The highest BCUT2D eigenvalue weighted by Crippen LogP contribution is 2.22. The number of nitrogens with one attached hydrogen (secondary N) is 1. The van der Waals surface area contributed by atoms with Gasteiger partial charge in [0, 0.05) is 6.54 Å². The van der Waals surface area contributed by atoms with E-state index in [9.17, 15) is 18.0 Å². The molecule has 24 heavy (non-hydrogen) atoms. The van der Waals surface area contributed by atoms with E-state index >= 15 is 0 Å². The molecule has 1 saturated heterocycles. The number of oxazole rings is 1. The van der Waals surface area contributed by atoms with Crippen LogP contribution >= 0.6 is 0 Å². The molecule has 0 bridgehead atoms. The van der Waals surface area contributed by atoms with Crippen molar-refractivity contribution in [2.75, 3.05) is 24.7 Å². The third kappa shape index (κ3) is 4.12. The van der Waals surface area contributed by atoms with Crippen LogP contribution in [0.1, 0.15) is 42.4 Å². The van der Waals surface area contributed by atoms with Crippen LogP contribution < -0.4 is 5.32 Å².